The first-order valence-corrected chi connectivity index (χ1v) is 14.3. The first-order chi connectivity index (χ1) is 18.8. The molecule has 39 heavy (non-hydrogen) atoms. The number of carbonyl (C=O) groups excluding carboxylic acids is 4. The minimum atomic E-state index is -0.580. The molecule has 1 fully saturated rings. The Balaban J connectivity index is 1.40. The first kappa shape index (κ1) is 25.7. The van der Waals surface area contributed by atoms with E-state index in [0.717, 1.165) is 16.0 Å². The number of benzene rings is 1. The first-order valence-electron chi connectivity index (χ1n) is 12.6. The molecule has 0 spiro atoms. The normalized spacial score (nSPS) is 26.5. The number of fused-ring (bicyclic) bond motifs is 3. The van der Waals surface area contributed by atoms with Gasteiger partial charge in [-0.25, -0.2) is 0 Å². The van der Waals surface area contributed by atoms with Crippen molar-refractivity contribution in [1.82, 2.24) is 4.90 Å². The number of amides is 2. The average Bonchev–Trinajstić information content (AvgIpc) is 3.53. The smallest absolute Gasteiger partial charge is 0.234 e. The van der Waals surface area contributed by atoms with Gasteiger partial charge in [0.1, 0.15) is 0 Å². The third-order valence-corrected chi connectivity index (χ3v) is 9.50. The monoisotopic (exact) mass is 605 g/mol. The molecule has 4 atom stereocenters. The summed E-state index contributed by atoms with van der Waals surface area (Å²) in [5, 5.41) is 11.9. The summed E-state index contributed by atoms with van der Waals surface area (Å²) in [4.78, 5) is 55.9. The largest absolute Gasteiger partial charge is 0.504 e. The van der Waals surface area contributed by atoms with Crippen molar-refractivity contribution in [3.8, 4) is 11.5 Å². The van der Waals surface area contributed by atoms with E-state index in [9.17, 15) is 24.3 Å². The second-order valence-electron chi connectivity index (χ2n) is 10.1. The van der Waals surface area contributed by atoms with E-state index in [1.807, 2.05) is 35.7 Å². The fourth-order valence-electron chi connectivity index (χ4n) is 6.27. The SMILES string of the molecule is COc1cc(C=C[C@H]2C3=CC[C@@H]4C(=O)N(Cc5cccs5)C(=O)[C@@H]4[C@@H]3CC3=C2C(=O)C=C(Br)C3=O)ccc1O. The number of ketones is 2. The number of allylic oxidation sites excluding steroid dienone is 7. The number of imide groups is 1. The number of ether oxygens (including phenoxy) is 1. The number of rotatable bonds is 5. The van der Waals surface area contributed by atoms with Gasteiger partial charge in [0.05, 0.1) is 30.0 Å². The molecule has 1 aromatic carbocycles. The lowest BCUT2D eigenvalue weighted by atomic mass is 9.61. The third kappa shape index (κ3) is 4.24. The van der Waals surface area contributed by atoms with Crippen LogP contribution in [0.1, 0.15) is 23.3 Å². The molecule has 4 aliphatic rings. The number of likely N-dealkylation sites (tertiary alicyclic amines) is 1. The van der Waals surface area contributed by atoms with Crippen molar-refractivity contribution in [3.63, 3.8) is 0 Å². The highest BCUT2D eigenvalue weighted by molar-refractivity contribution is 9.12. The van der Waals surface area contributed by atoms with Crippen molar-refractivity contribution in [2.24, 2.45) is 23.7 Å². The Morgan fingerprint density at radius 2 is 1.97 bits per heavy atom. The minimum absolute atomic E-state index is 0.0120. The van der Waals surface area contributed by atoms with Crippen LogP contribution in [0.4, 0.5) is 0 Å². The number of methoxy groups -OCH3 is 1. The maximum Gasteiger partial charge on any atom is 0.234 e. The molecule has 7 nitrogen and oxygen atoms in total. The van der Waals surface area contributed by atoms with Crippen LogP contribution in [0, 0.1) is 23.7 Å². The standard InChI is InChI=1S/C30H24BrNO6S/c1-38-25-11-15(5-9-23(25)33)4-6-18-17-7-8-19-27(30(37)32(29(19)36)14-16-3-2-10-39-16)20(17)12-21-26(18)24(34)13-22(31)28(21)35/h2-7,9-11,13,18-20,27,33H,8,12,14H2,1H3/t18-,19-,20+,27-/m0/s1. The van der Waals surface area contributed by atoms with Crippen LogP contribution in [0.3, 0.4) is 0 Å². The van der Waals surface area contributed by atoms with E-state index in [4.69, 9.17) is 4.74 Å². The second kappa shape index (κ2) is 9.88. The molecule has 0 unspecified atom stereocenters. The van der Waals surface area contributed by atoms with Crippen LogP contribution in [0.2, 0.25) is 0 Å². The molecule has 0 bridgehead atoms. The number of nitrogens with zero attached hydrogens (tertiary/aromatic N) is 1. The summed E-state index contributed by atoms with van der Waals surface area (Å²) < 4.78 is 5.42. The number of thiophene rings is 1. The second-order valence-corrected chi connectivity index (χ2v) is 12.0. The van der Waals surface area contributed by atoms with Gasteiger partial charge in [-0.3, -0.25) is 24.1 Å². The maximum absolute atomic E-state index is 13.7. The van der Waals surface area contributed by atoms with Crippen LogP contribution < -0.4 is 4.74 Å². The molecule has 2 amide bonds. The Morgan fingerprint density at radius 3 is 2.72 bits per heavy atom. The molecule has 2 aromatic rings. The fourth-order valence-corrected chi connectivity index (χ4v) is 7.41. The van der Waals surface area contributed by atoms with Gasteiger partial charge in [-0.2, -0.15) is 0 Å². The van der Waals surface area contributed by atoms with Crippen molar-refractivity contribution in [2.75, 3.05) is 7.11 Å². The molecular formula is C30H24BrNO6S. The van der Waals surface area contributed by atoms with Gasteiger partial charge < -0.3 is 9.84 Å². The Hall–Kier alpha value is -3.56. The summed E-state index contributed by atoms with van der Waals surface area (Å²) in [5.41, 5.74) is 2.44. The Labute approximate surface area is 237 Å². The van der Waals surface area contributed by atoms with Crippen molar-refractivity contribution in [1.29, 1.82) is 0 Å². The molecule has 3 aliphatic carbocycles. The summed E-state index contributed by atoms with van der Waals surface area (Å²) in [5.74, 6) is -2.53. The van der Waals surface area contributed by atoms with Crippen LogP contribution in [0.25, 0.3) is 6.08 Å². The zero-order valence-electron chi connectivity index (χ0n) is 20.9. The molecule has 0 saturated carbocycles. The van der Waals surface area contributed by atoms with Gasteiger partial charge in [-0.15, -0.1) is 11.3 Å². The van der Waals surface area contributed by atoms with Crippen LogP contribution in [0.15, 0.2) is 75.1 Å². The number of hydrogen-bond donors (Lipinski definition) is 1. The fraction of sp³-hybridized carbons (Fsp3) is 0.267. The lowest BCUT2D eigenvalue weighted by Crippen LogP contribution is -2.39. The minimum Gasteiger partial charge on any atom is -0.504 e. The molecule has 1 aromatic heterocycles. The lowest BCUT2D eigenvalue weighted by Gasteiger charge is -2.41. The molecular weight excluding hydrogens is 582 g/mol. The van der Waals surface area contributed by atoms with E-state index < -0.39 is 17.8 Å². The number of halogens is 1. The number of phenols is 1. The molecule has 6 rings (SSSR count). The summed E-state index contributed by atoms with van der Waals surface area (Å²) in [7, 11) is 1.47. The summed E-state index contributed by atoms with van der Waals surface area (Å²) in [6.45, 7) is 0.246. The highest BCUT2D eigenvalue weighted by Gasteiger charge is 2.55. The topological polar surface area (TPSA) is 101 Å². The maximum atomic E-state index is 13.7. The number of Topliss-reactive ketones (excluding diaryl/α,β-unsaturated/α-hetero) is 1. The lowest BCUT2D eigenvalue weighted by molar-refractivity contribution is -0.140. The van der Waals surface area contributed by atoms with Gasteiger partial charge in [0, 0.05) is 28.0 Å². The zero-order valence-corrected chi connectivity index (χ0v) is 23.3. The highest BCUT2D eigenvalue weighted by Crippen LogP contribution is 2.53. The number of phenolic OH excluding ortho intramolecular Hbond substituents is 1. The van der Waals surface area contributed by atoms with Crippen LogP contribution >= 0.6 is 27.3 Å². The van der Waals surface area contributed by atoms with Crippen LogP contribution in [-0.4, -0.2) is 40.5 Å². The Morgan fingerprint density at radius 1 is 1.15 bits per heavy atom. The molecule has 2 heterocycles. The van der Waals surface area contributed by atoms with Crippen molar-refractivity contribution in [3.05, 3.63) is 85.6 Å². The third-order valence-electron chi connectivity index (χ3n) is 8.05. The van der Waals surface area contributed by atoms with E-state index in [2.05, 4.69) is 15.9 Å². The highest BCUT2D eigenvalue weighted by atomic mass is 79.9. The van der Waals surface area contributed by atoms with E-state index in [1.54, 1.807) is 12.1 Å². The summed E-state index contributed by atoms with van der Waals surface area (Å²) in [6, 6.07) is 8.73. The summed E-state index contributed by atoms with van der Waals surface area (Å²) in [6.07, 6.45) is 7.63. The molecule has 1 aliphatic heterocycles. The van der Waals surface area contributed by atoms with Gasteiger partial charge in [-0.1, -0.05) is 35.9 Å². The van der Waals surface area contributed by atoms with Gasteiger partial charge in [-0.05, 0) is 63.8 Å². The molecule has 1 saturated heterocycles. The van der Waals surface area contributed by atoms with Gasteiger partial charge in [0.15, 0.2) is 23.1 Å². The van der Waals surface area contributed by atoms with E-state index in [0.29, 0.717) is 23.3 Å². The molecule has 198 valence electrons. The molecule has 1 N–H and O–H groups in total. The van der Waals surface area contributed by atoms with Crippen LogP contribution in [-0.2, 0) is 25.7 Å². The van der Waals surface area contributed by atoms with Gasteiger partial charge in [0.25, 0.3) is 0 Å². The molecule has 0 radical (unpaired) electrons. The number of hydrogen-bond acceptors (Lipinski definition) is 7. The van der Waals surface area contributed by atoms with E-state index >= 15 is 0 Å². The predicted octanol–water partition coefficient (Wildman–Crippen LogP) is 4.97. The summed E-state index contributed by atoms with van der Waals surface area (Å²) >= 11 is 4.74. The van der Waals surface area contributed by atoms with Crippen LogP contribution in [0.5, 0.6) is 11.5 Å². The quantitative estimate of drug-likeness (QED) is 0.293. The van der Waals surface area contributed by atoms with Gasteiger partial charge in [0.2, 0.25) is 11.8 Å². The van der Waals surface area contributed by atoms with Crippen molar-refractivity contribution >= 4 is 56.7 Å². The Bertz CT molecular complexity index is 1550. The van der Waals surface area contributed by atoms with E-state index in [-0.39, 0.29) is 52.5 Å². The Kier molecular flexibility index (Phi) is 6.51. The van der Waals surface area contributed by atoms with Crippen molar-refractivity contribution < 1.29 is 29.0 Å². The van der Waals surface area contributed by atoms with Crippen molar-refractivity contribution in [2.45, 2.75) is 19.4 Å². The predicted molar refractivity (Wildman–Crippen MR) is 149 cm³/mol. The average molecular weight is 606 g/mol. The number of aromatic hydroxyl groups is 1. The van der Waals surface area contributed by atoms with E-state index in [1.165, 1.54) is 35.5 Å². The van der Waals surface area contributed by atoms with Gasteiger partial charge >= 0.3 is 0 Å². The zero-order chi connectivity index (χ0) is 27.4. The molecule has 9 heteroatoms. The number of carbonyl (C=O) groups is 4.